The number of thiophene rings is 1. The number of nitrogens with zero attached hydrogens (tertiary/aromatic N) is 1. The molecule has 0 aliphatic carbocycles. The number of aromatic nitrogens is 1. The van der Waals surface area contributed by atoms with Crippen molar-refractivity contribution in [1.29, 1.82) is 0 Å². The third kappa shape index (κ3) is 3.75. The molecule has 0 amide bonds. The highest BCUT2D eigenvalue weighted by Crippen LogP contribution is 2.42. The highest BCUT2D eigenvalue weighted by molar-refractivity contribution is 7.17. The first kappa shape index (κ1) is 19.6. The number of fused-ring (bicyclic) bond motifs is 3. The Morgan fingerprint density at radius 3 is 2.65 bits per heavy atom. The molecule has 0 unspecified atom stereocenters. The summed E-state index contributed by atoms with van der Waals surface area (Å²) in [5.41, 5.74) is 3.70. The van der Waals surface area contributed by atoms with E-state index in [1.165, 1.54) is 29.5 Å². The number of hydrogen-bond acceptors (Lipinski definition) is 4. The van der Waals surface area contributed by atoms with E-state index in [9.17, 15) is 13.6 Å². The van der Waals surface area contributed by atoms with E-state index >= 15 is 0 Å². The number of carbonyl (C=O) groups is 1. The molecule has 3 heterocycles. The molecule has 0 saturated carbocycles. The van der Waals surface area contributed by atoms with Gasteiger partial charge in [-0.25, -0.2) is 8.78 Å². The normalized spacial score (nSPS) is 12.5. The number of rotatable bonds is 4. The Kier molecular flexibility index (Phi) is 5.08. The predicted octanol–water partition coefficient (Wildman–Crippen LogP) is 6.12. The van der Waals surface area contributed by atoms with Crippen LogP contribution in [-0.2, 0) is 12.8 Å². The van der Waals surface area contributed by atoms with E-state index in [1.54, 1.807) is 12.4 Å². The number of pyridine rings is 1. The predicted molar refractivity (Wildman–Crippen MR) is 117 cm³/mol. The summed E-state index contributed by atoms with van der Waals surface area (Å²) in [6.45, 7) is 0.499. The maximum Gasteiger partial charge on any atom is 0.177 e. The zero-order valence-corrected chi connectivity index (χ0v) is 17.2. The number of carbonyl (C=O) groups excluding carboxylic acids is 1. The summed E-state index contributed by atoms with van der Waals surface area (Å²) in [5, 5.41) is 0. The maximum absolute atomic E-state index is 14.0. The summed E-state index contributed by atoms with van der Waals surface area (Å²) < 4.78 is 33.9. The lowest BCUT2D eigenvalue weighted by molar-refractivity contribution is 0.0994. The summed E-state index contributed by atoms with van der Waals surface area (Å²) >= 11 is 1.34. The molecule has 6 heteroatoms. The molecule has 0 radical (unpaired) electrons. The second kappa shape index (κ2) is 8.04. The molecule has 31 heavy (non-hydrogen) atoms. The monoisotopic (exact) mass is 433 g/mol. The average molecular weight is 433 g/mol. The van der Waals surface area contributed by atoms with Crippen LogP contribution in [0.3, 0.4) is 0 Å². The molecule has 0 atom stereocenters. The van der Waals surface area contributed by atoms with Crippen LogP contribution in [0.2, 0.25) is 0 Å². The van der Waals surface area contributed by atoms with Crippen LogP contribution in [0.15, 0.2) is 67.0 Å². The van der Waals surface area contributed by atoms with Crippen LogP contribution in [0.5, 0.6) is 5.75 Å². The number of halogens is 2. The molecule has 0 spiro atoms. The Bertz CT molecular complexity index is 1260. The van der Waals surface area contributed by atoms with Gasteiger partial charge < -0.3 is 4.74 Å². The first-order valence-electron chi connectivity index (χ1n) is 9.86. The minimum atomic E-state index is -0.702. The van der Waals surface area contributed by atoms with E-state index in [-0.39, 0.29) is 17.8 Å². The van der Waals surface area contributed by atoms with Gasteiger partial charge in [0.15, 0.2) is 5.78 Å². The number of hydrogen-bond donors (Lipinski definition) is 0. The van der Waals surface area contributed by atoms with Gasteiger partial charge in [0, 0.05) is 46.8 Å². The van der Waals surface area contributed by atoms with E-state index < -0.39 is 11.6 Å². The Morgan fingerprint density at radius 1 is 1.03 bits per heavy atom. The minimum Gasteiger partial charge on any atom is -0.493 e. The first-order valence-corrected chi connectivity index (χ1v) is 10.7. The zero-order valence-electron chi connectivity index (χ0n) is 16.4. The van der Waals surface area contributed by atoms with Crippen LogP contribution >= 0.6 is 11.3 Å². The molecule has 0 N–H and O–H groups in total. The maximum atomic E-state index is 14.0. The highest BCUT2D eigenvalue weighted by Gasteiger charge is 2.23. The molecule has 3 nitrogen and oxygen atoms in total. The molecular formula is C25H17F2NO2S. The van der Waals surface area contributed by atoms with Crippen molar-refractivity contribution in [3.63, 3.8) is 0 Å². The van der Waals surface area contributed by atoms with Gasteiger partial charge in [0.2, 0.25) is 0 Å². The number of ether oxygens (including phenoxy) is 1. The molecule has 5 rings (SSSR count). The second-order valence-corrected chi connectivity index (χ2v) is 8.37. The summed E-state index contributed by atoms with van der Waals surface area (Å²) in [7, 11) is 0. The molecule has 0 fully saturated rings. The smallest absolute Gasteiger partial charge is 0.177 e. The van der Waals surface area contributed by atoms with Crippen molar-refractivity contribution >= 4 is 17.1 Å². The lowest BCUT2D eigenvalue weighted by Crippen LogP contribution is -2.06. The molecule has 0 saturated heterocycles. The molecule has 0 bridgehead atoms. The van der Waals surface area contributed by atoms with Crippen LogP contribution in [0.1, 0.15) is 20.8 Å². The molecule has 1 aliphatic heterocycles. The van der Waals surface area contributed by atoms with Gasteiger partial charge in [0.05, 0.1) is 11.5 Å². The summed E-state index contributed by atoms with van der Waals surface area (Å²) in [4.78, 5) is 18.5. The third-order valence-corrected chi connectivity index (χ3v) is 6.58. The van der Waals surface area contributed by atoms with Gasteiger partial charge in [-0.3, -0.25) is 9.78 Å². The molecule has 2 aromatic heterocycles. The topological polar surface area (TPSA) is 39.2 Å². The Morgan fingerprint density at radius 2 is 1.87 bits per heavy atom. The molecule has 4 aromatic rings. The standard InChI is InChI=1S/C25H17F2NO2S/c26-20-4-1-5-21(27)18(20)13-22(29)24-12-16-8-10-30-23-7-6-15(11-19(23)25(16)31-24)17-3-2-9-28-14-17/h1-7,9,11-12,14H,8,10,13H2. The fourth-order valence-electron chi connectivity index (χ4n) is 3.75. The Labute approximate surface area is 182 Å². The van der Waals surface area contributed by atoms with Crippen LogP contribution < -0.4 is 4.74 Å². The summed E-state index contributed by atoms with van der Waals surface area (Å²) in [6, 6.07) is 15.3. The lowest BCUT2D eigenvalue weighted by Gasteiger charge is -2.10. The van der Waals surface area contributed by atoms with Crippen LogP contribution in [0, 0.1) is 11.6 Å². The molecule has 1 aliphatic rings. The van der Waals surface area contributed by atoms with E-state index in [0.29, 0.717) is 17.9 Å². The number of benzene rings is 2. The first-order chi connectivity index (χ1) is 15.1. The average Bonchev–Trinajstić information content (AvgIpc) is 3.14. The third-order valence-electron chi connectivity index (χ3n) is 5.33. The minimum absolute atomic E-state index is 0.196. The molecular weight excluding hydrogens is 416 g/mol. The van der Waals surface area contributed by atoms with Gasteiger partial charge in [-0.05, 0) is 47.5 Å². The van der Waals surface area contributed by atoms with Crippen LogP contribution in [0.4, 0.5) is 8.78 Å². The zero-order chi connectivity index (χ0) is 21.4. The van der Waals surface area contributed by atoms with Gasteiger partial charge in [0.25, 0.3) is 0 Å². The second-order valence-electron chi connectivity index (χ2n) is 7.32. The van der Waals surface area contributed by atoms with E-state index in [2.05, 4.69) is 4.98 Å². The van der Waals surface area contributed by atoms with Gasteiger partial charge in [0.1, 0.15) is 17.4 Å². The molecule has 154 valence electrons. The van der Waals surface area contributed by atoms with Crippen LogP contribution in [0.25, 0.3) is 21.6 Å². The van der Waals surface area contributed by atoms with Gasteiger partial charge in [-0.1, -0.05) is 18.2 Å². The molecule has 2 aromatic carbocycles. The Hall–Kier alpha value is -3.38. The van der Waals surface area contributed by atoms with Crippen LogP contribution in [-0.4, -0.2) is 17.4 Å². The van der Waals surface area contributed by atoms with E-state index in [1.807, 2.05) is 36.4 Å². The van der Waals surface area contributed by atoms with E-state index in [0.717, 1.165) is 32.9 Å². The van der Waals surface area contributed by atoms with E-state index in [4.69, 9.17) is 4.74 Å². The van der Waals surface area contributed by atoms with Crippen molar-refractivity contribution in [2.75, 3.05) is 6.61 Å². The van der Waals surface area contributed by atoms with Crippen molar-refractivity contribution in [2.24, 2.45) is 0 Å². The van der Waals surface area contributed by atoms with Crippen molar-refractivity contribution in [3.8, 4) is 27.3 Å². The summed E-state index contributed by atoms with van der Waals surface area (Å²) in [5.74, 6) is -0.946. The lowest BCUT2D eigenvalue weighted by atomic mass is 10.0. The quantitative estimate of drug-likeness (QED) is 0.364. The fourth-order valence-corrected chi connectivity index (χ4v) is 4.91. The summed E-state index contributed by atoms with van der Waals surface area (Å²) in [6.07, 6.45) is 3.87. The van der Waals surface area contributed by atoms with Crippen molar-refractivity contribution < 1.29 is 18.3 Å². The fraction of sp³-hybridized carbons (Fsp3) is 0.120. The largest absolute Gasteiger partial charge is 0.493 e. The highest BCUT2D eigenvalue weighted by atomic mass is 32.1. The van der Waals surface area contributed by atoms with Gasteiger partial charge >= 0.3 is 0 Å². The number of ketones is 1. The van der Waals surface area contributed by atoms with Gasteiger partial charge in [-0.15, -0.1) is 11.3 Å². The van der Waals surface area contributed by atoms with Crippen molar-refractivity contribution in [3.05, 3.63) is 94.6 Å². The number of Topliss-reactive ketones (excluding diaryl/α,β-unsaturated/α-hetero) is 1. The van der Waals surface area contributed by atoms with Crippen molar-refractivity contribution in [1.82, 2.24) is 4.98 Å². The van der Waals surface area contributed by atoms with Crippen molar-refractivity contribution in [2.45, 2.75) is 12.8 Å². The SMILES string of the molecule is O=C(Cc1c(F)cccc1F)c1cc2c(s1)-c1cc(-c3cccnc3)ccc1OCC2. The van der Waals surface area contributed by atoms with Gasteiger partial charge in [-0.2, -0.15) is 0 Å². The Balaban J connectivity index is 1.53.